The molecule has 0 aliphatic rings. The molecule has 0 aliphatic heterocycles. The van der Waals surface area contributed by atoms with E-state index in [1.165, 1.54) is 0 Å². The zero-order valence-corrected chi connectivity index (χ0v) is 8.16. The van der Waals surface area contributed by atoms with E-state index in [-0.39, 0.29) is 0 Å². The number of hydrogen-bond acceptors (Lipinski definition) is 3. The predicted molar refractivity (Wildman–Crippen MR) is 57.9 cm³/mol. The Morgan fingerprint density at radius 1 is 1.29 bits per heavy atom. The summed E-state index contributed by atoms with van der Waals surface area (Å²) in [6.45, 7) is 1.60. The highest BCUT2D eigenvalue weighted by atomic mass is 14.9. The first-order valence-corrected chi connectivity index (χ1v) is 4.76. The molecule has 0 spiro atoms. The Kier molecular flexibility index (Phi) is 4.53. The van der Waals surface area contributed by atoms with Crippen LogP contribution in [0, 0.1) is 11.3 Å². The van der Waals surface area contributed by atoms with E-state index in [4.69, 9.17) is 11.0 Å². The molecule has 3 N–H and O–H groups in total. The summed E-state index contributed by atoms with van der Waals surface area (Å²) >= 11 is 0. The second-order valence-electron chi connectivity index (χ2n) is 3.10. The molecule has 0 radical (unpaired) electrons. The van der Waals surface area contributed by atoms with Crippen LogP contribution in [-0.4, -0.2) is 13.1 Å². The van der Waals surface area contributed by atoms with E-state index in [0.717, 1.165) is 24.2 Å². The van der Waals surface area contributed by atoms with Gasteiger partial charge in [0, 0.05) is 12.2 Å². The molecule has 0 atom stereocenters. The summed E-state index contributed by atoms with van der Waals surface area (Å²) in [4.78, 5) is 0. The van der Waals surface area contributed by atoms with Gasteiger partial charge in [-0.05, 0) is 30.7 Å². The fourth-order valence-corrected chi connectivity index (χ4v) is 1.17. The highest BCUT2D eigenvalue weighted by Gasteiger charge is 1.92. The molecule has 3 nitrogen and oxygen atoms in total. The second kappa shape index (κ2) is 6.01. The molecule has 14 heavy (non-hydrogen) atoms. The van der Waals surface area contributed by atoms with E-state index in [9.17, 15) is 0 Å². The SMILES string of the molecule is N#CCc1ccc(NCCCN)cc1. The maximum atomic E-state index is 8.48. The molecule has 0 saturated carbocycles. The summed E-state index contributed by atoms with van der Waals surface area (Å²) in [5.74, 6) is 0. The lowest BCUT2D eigenvalue weighted by atomic mass is 10.1. The third-order valence-electron chi connectivity index (χ3n) is 1.95. The van der Waals surface area contributed by atoms with Crippen LogP contribution in [0.25, 0.3) is 0 Å². The molecule has 1 rings (SSSR count). The zero-order valence-electron chi connectivity index (χ0n) is 8.16. The minimum Gasteiger partial charge on any atom is -0.385 e. The van der Waals surface area contributed by atoms with Crippen molar-refractivity contribution in [1.29, 1.82) is 5.26 Å². The lowest BCUT2D eigenvalue weighted by Crippen LogP contribution is -2.08. The maximum absolute atomic E-state index is 8.48. The van der Waals surface area contributed by atoms with E-state index in [0.29, 0.717) is 13.0 Å². The summed E-state index contributed by atoms with van der Waals surface area (Å²) in [5, 5.41) is 11.7. The number of hydrogen-bond donors (Lipinski definition) is 2. The van der Waals surface area contributed by atoms with Crippen LogP contribution >= 0.6 is 0 Å². The number of nitrogens with two attached hydrogens (primary N) is 1. The van der Waals surface area contributed by atoms with E-state index < -0.39 is 0 Å². The van der Waals surface area contributed by atoms with Crippen molar-refractivity contribution in [2.24, 2.45) is 5.73 Å². The fraction of sp³-hybridized carbons (Fsp3) is 0.364. The quantitative estimate of drug-likeness (QED) is 0.690. The Morgan fingerprint density at radius 2 is 2.00 bits per heavy atom. The summed E-state index contributed by atoms with van der Waals surface area (Å²) in [6, 6.07) is 10.0. The van der Waals surface area contributed by atoms with Crippen LogP contribution in [0.4, 0.5) is 5.69 Å². The van der Waals surface area contributed by atoms with Gasteiger partial charge in [0.05, 0.1) is 12.5 Å². The molecule has 0 aromatic heterocycles. The van der Waals surface area contributed by atoms with Gasteiger partial charge in [-0.2, -0.15) is 5.26 Å². The van der Waals surface area contributed by atoms with Gasteiger partial charge in [0.25, 0.3) is 0 Å². The van der Waals surface area contributed by atoms with Crippen molar-refractivity contribution in [3.8, 4) is 6.07 Å². The molecule has 3 heteroatoms. The van der Waals surface area contributed by atoms with Gasteiger partial charge in [0.1, 0.15) is 0 Å². The predicted octanol–water partition coefficient (Wildman–Crippen LogP) is 1.51. The molecule has 0 amide bonds. The first kappa shape index (κ1) is 10.6. The third-order valence-corrected chi connectivity index (χ3v) is 1.95. The van der Waals surface area contributed by atoms with E-state index >= 15 is 0 Å². The number of nitrogens with zero attached hydrogens (tertiary/aromatic N) is 1. The van der Waals surface area contributed by atoms with Gasteiger partial charge in [-0.3, -0.25) is 0 Å². The third kappa shape index (κ3) is 3.46. The lowest BCUT2D eigenvalue weighted by molar-refractivity contribution is 0.874. The minimum atomic E-state index is 0.475. The molecular formula is C11H15N3. The highest BCUT2D eigenvalue weighted by Crippen LogP contribution is 2.09. The van der Waals surface area contributed by atoms with Crippen molar-refractivity contribution < 1.29 is 0 Å². The average molecular weight is 189 g/mol. The van der Waals surface area contributed by atoms with Crippen molar-refractivity contribution in [2.75, 3.05) is 18.4 Å². The average Bonchev–Trinajstić information content (AvgIpc) is 2.21. The van der Waals surface area contributed by atoms with Gasteiger partial charge >= 0.3 is 0 Å². The second-order valence-corrected chi connectivity index (χ2v) is 3.10. The lowest BCUT2D eigenvalue weighted by Gasteiger charge is -2.05. The minimum absolute atomic E-state index is 0.475. The number of nitriles is 1. The van der Waals surface area contributed by atoms with Gasteiger partial charge in [0.15, 0.2) is 0 Å². The zero-order chi connectivity index (χ0) is 10.2. The summed E-state index contributed by atoms with van der Waals surface area (Å²) in [6.07, 6.45) is 1.45. The number of anilines is 1. The molecule has 0 bridgehead atoms. The number of nitrogens with one attached hydrogen (secondary N) is 1. The molecule has 1 aromatic carbocycles. The van der Waals surface area contributed by atoms with Gasteiger partial charge < -0.3 is 11.1 Å². The van der Waals surface area contributed by atoms with Crippen molar-refractivity contribution in [3.63, 3.8) is 0 Å². The van der Waals surface area contributed by atoms with Crippen LogP contribution in [0.1, 0.15) is 12.0 Å². The number of benzene rings is 1. The Labute approximate surface area is 84.5 Å². The van der Waals surface area contributed by atoms with E-state index in [1.54, 1.807) is 0 Å². The van der Waals surface area contributed by atoms with E-state index in [2.05, 4.69) is 11.4 Å². The smallest absolute Gasteiger partial charge is 0.0669 e. The fourth-order valence-electron chi connectivity index (χ4n) is 1.17. The Bertz CT molecular complexity index is 297. The van der Waals surface area contributed by atoms with Crippen LogP contribution in [0.5, 0.6) is 0 Å². The van der Waals surface area contributed by atoms with Crippen LogP contribution in [-0.2, 0) is 6.42 Å². The summed E-state index contributed by atoms with van der Waals surface area (Å²) in [5.41, 5.74) is 7.52. The number of rotatable bonds is 5. The van der Waals surface area contributed by atoms with Gasteiger partial charge in [-0.25, -0.2) is 0 Å². The van der Waals surface area contributed by atoms with E-state index in [1.807, 2.05) is 24.3 Å². The molecule has 0 fully saturated rings. The van der Waals surface area contributed by atoms with Crippen molar-refractivity contribution in [3.05, 3.63) is 29.8 Å². The molecule has 1 aromatic rings. The van der Waals surface area contributed by atoms with Gasteiger partial charge in [-0.1, -0.05) is 12.1 Å². The van der Waals surface area contributed by atoms with Crippen LogP contribution in [0.2, 0.25) is 0 Å². The molecular weight excluding hydrogens is 174 g/mol. The van der Waals surface area contributed by atoms with Crippen LogP contribution in [0.3, 0.4) is 0 Å². The van der Waals surface area contributed by atoms with Crippen LogP contribution in [0.15, 0.2) is 24.3 Å². The topological polar surface area (TPSA) is 61.8 Å². The van der Waals surface area contributed by atoms with Crippen molar-refractivity contribution >= 4 is 5.69 Å². The maximum Gasteiger partial charge on any atom is 0.0669 e. The Balaban J connectivity index is 2.43. The van der Waals surface area contributed by atoms with Crippen molar-refractivity contribution in [2.45, 2.75) is 12.8 Å². The van der Waals surface area contributed by atoms with Gasteiger partial charge in [-0.15, -0.1) is 0 Å². The van der Waals surface area contributed by atoms with Crippen molar-refractivity contribution in [1.82, 2.24) is 0 Å². The summed E-state index contributed by atoms with van der Waals surface area (Å²) < 4.78 is 0. The highest BCUT2D eigenvalue weighted by molar-refractivity contribution is 5.44. The standard InChI is InChI=1S/C11H15N3/c12-7-1-9-14-11-4-2-10(3-5-11)6-8-13/h2-5,14H,1,6-7,9,12H2. The molecule has 74 valence electrons. The summed E-state index contributed by atoms with van der Waals surface area (Å²) in [7, 11) is 0. The first-order valence-electron chi connectivity index (χ1n) is 4.76. The van der Waals surface area contributed by atoms with Crippen LogP contribution < -0.4 is 11.1 Å². The normalized spacial score (nSPS) is 9.43. The monoisotopic (exact) mass is 189 g/mol. The molecule has 0 saturated heterocycles. The molecule has 0 aliphatic carbocycles. The molecule has 0 heterocycles. The Morgan fingerprint density at radius 3 is 2.57 bits per heavy atom. The largest absolute Gasteiger partial charge is 0.385 e. The Hall–Kier alpha value is -1.53. The van der Waals surface area contributed by atoms with Gasteiger partial charge in [0.2, 0.25) is 0 Å². The molecule has 0 unspecified atom stereocenters. The first-order chi connectivity index (χ1) is 6.86.